The first-order valence-electron chi connectivity index (χ1n) is 8.82. The predicted octanol–water partition coefficient (Wildman–Crippen LogP) is 5.70. The van der Waals surface area contributed by atoms with Gasteiger partial charge in [-0.2, -0.15) is 0 Å². The second-order valence-electron chi connectivity index (χ2n) is 6.31. The van der Waals surface area contributed by atoms with Gasteiger partial charge < -0.3 is 14.4 Å². The van der Waals surface area contributed by atoms with E-state index in [4.69, 9.17) is 32.5 Å². The Morgan fingerprint density at radius 2 is 1.83 bits per heavy atom. The zero-order valence-corrected chi connectivity index (χ0v) is 16.6. The lowest BCUT2D eigenvalue weighted by atomic mass is 9.97. The van der Waals surface area contributed by atoms with Gasteiger partial charge in [-0.05, 0) is 36.4 Å². The number of ether oxygens (including phenoxy) is 1. The second kappa shape index (κ2) is 8.66. The average Bonchev–Trinajstić information content (AvgIpc) is 3.17. The Bertz CT molecular complexity index is 1100. The summed E-state index contributed by atoms with van der Waals surface area (Å²) < 4.78 is 11.4. The van der Waals surface area contributed by atoms with Crippen molar-refractivity contribution in [1.82, 2.24) is 10.1 Å². The van der Waals surface area contributed by atoms with Gasteiger partial charge in [0.15, 0.2) is 5.76 Å². The third-order valence-corrected chi connectivity index (χ3v) is 4.85. The SMILES string of the molecule is OC(c1cccnc1)c1c(-c2ccc(Cl)cc2)noc1COc1cccc(Cl)c1. The summed E-state index contributed by atoms with van der Waals surface area (Å²) in [7, 11) is 0. The van der Waals surface area contributed by atoms with Crippen LogP contribution in [-0.2, 0) is 6.61 Å². The fourth-order valence-corrected chi connectivity index (χ4v) is 3.25. The summed E-state index contributed by atoms with van der Waals surface area (Å²) in [5.41, 5.74) is 2.42. The van der Waals surface area contributed by atoms with Gasteiger partial charge in [-0.15, -0.1) is 0 Å². The Balaban J connectivity index is 1.71. The van der Waals surface area contributed by atoms with Gasteiger partial charge in [0.1, 0.15) is 24.2 Å². The Labute approximate surface area is 177 Å². The highest BCUT2D eigenvalue weighted by molar-refractivity contribution is 6.30. The molecule has 1 unspecified atom stereocenters. The molecule has 0 aliphatic rings. The van der Waals surface area contributed by atoms with Crippen LogP contribution in [0.2, 0.25) is 10.0 Å². The van der Waals surface area contributed by atoms with Gasteiger partial charge in [-0.1, -0.05) is 52.6 Å². The lowest BCUT2D eigenvalue weighted by molar-refractivity contribution is 0.205. The standard InChI is InChI=1S/C22H16Cl2N2O3/c23-16-8-6-14(7-9-16)21-20(22(27)15-3-2-10-25-12-15)19(29-26-21)13-28-18-5-1-4-17(24)11-18/h1-12,22,27H,13H2. The van der Waals surface area contributed by atoms with E-state index in [1.54, 1.807) is 60.9 Å². The average molecular weight is 427 g/mol. The van der Waals surface area contributed by atoms with Crippen LogP contribution in [0.1, 0.15) is 23.0 Å². The van der Waals surface area contributed by atoms with Crippen LogP contribution in [-0.4, -0.2) is 15.2 Å². The maximum absolute atomic E-state index is 11.1. The largest absolute Gasteiger partial charge is 0.485 e. The summed E-state index contributed by atoms with van der Waals surface area (Å²) in [6, 6.07) is 17.8. The molecule has 2 aromatic carbocycles. The fraction of sp³-hybridized carbons (Fsp3) is 0.0909. The van der Waals surface area contributed by atoms with E-state index >= 15 is 0 Å². The van der Waals surface area contributed by atoms with Crippen molar-refractivity contribution in [3.05, 3.63) is 100.0 Å². The van der Waals surface area contributed by atoms with Gasteiger partial charge in [0.25, 0.3) is 0 Å². The minimum absolute atomic E-state index is 0.0770. The normalized spacial score (nSPS) is 12.0. The molecule has 7 heteroatoms. The van der Waals surface area contributed by atoms with Crippen LogP contribution in [0.5, 0.6) is 5.75 Å². The molecule has 0 fully saturated rings. The zero-order valence-electron chi connectivity index (χ0n) is 15.1. The van der Waals surface area contributed by atoms with E-state index in [1.165, 1.54) is 0 Å². The van der Waals surface area contributed by atoms with E-state index in [0.717, 1.165) is 5.56 Å². The summed E-state index contributed by atoms with van der Waals surface area (Å²) in [4.78, 5) is 4.09. The number of hydrogen-bond donors (Lipinski definition) is 1. The highest BCUT2D eigenvalue weighted by atomic mass is 35.5. The molecule has 0 saturated heterocycles. The van der Waals surface area contributed by atoms with Crippen LogP contribution in [0.3, 0.4) is 0 Å². The number of halogens is 2. The predicted molar refractivity (Wildman–Crippen MR) is 111 cm³/mol. The van der Waals surface area contributed by atoms with E-state index in [2.05, 4.69) is 10.1 Å². The van der Waals surface area contributed by atoms with Crippen LogP contribution in [0.4, 0.5) is 0 Å². The molecule has 1 N–H and O–H groups in total. The minimum Gasteiger partial charge on any atom is -0.485 e. The molecular formula is C22H16Cl2N2O3. The van der Waals surface area contributed by atoms with Gasteiger partial charge >= 0.3 is 0 Å². The van der Waals surface area contributed by atoms with Crippen molar-refractivity contribution in [3.8, 4) is 17.0 Å². The van der Waals surface area contributed by atoms with Gasteiger partial charge in [-0.25, -0.2) is 0 Å². The van der Waals surface area contributed by atoms with Gasteiger partial charge in [0, 0.05) is 33.6 Å². The molecule has 2 heterocycles. The quantitative estimate of drug-likeness (QED) is 0.427. The first kappa shape index (κ1) is 19.5. The molecule has 4 rings (SSSR count). The number of benzene rings is 2. The number of nitrogens with zero attached hydrogens (tertiary/aromatic N) is 2. The third kappa shape index (κ3) is 4.43. The van der Waals surface area contributed by atoms with Crippen LogP contribution >= 0.6 is 23.2 Å². The number of pyridine rings is 1. The van der Waals surface area contributed by atoms with E-state index in [9.17, 15) is 5.11 Å². The van der Waals surface area contributed by atoms with Crippen LogP contribution in [0.25, 0.3) is 11.3 Å². The Hall–Kier alpha value is -2.86. The monoisotopic (exact) mass is 426 g/mol. The van der Waals surface area contributed by atoms with Crippen molar-refractivity contribution < 1.29 is 14.4 Å². The number of hydrogen-bond acceptors (Lipinski definition) is 5. The number of aliphatic hydroxyl groups excluding tert-OH is 1. The molecule has 146 valence electrons. The Kier molecular flexibility index (Phi) is 5.81. The molecule has 5 nitrogen and oxygen atoms in total. The van der Waals surface area contributed by atoms with Crippen LogP contribution in [0, 0.1) is 0 Å². The van der Waals surface area contributed by atoms with Crippen LogP contribution in [0.15, 0.2) is 77.6 Å². The fourth-order valence-electron chi connectivity index (χ4n) is 2.94. The molecule has 4 aromatic rings. The van der Waals surface area contributed by atoms with Gasteiger partial charge in [0.05, 0.1) is 5.56 Å². The van der Waals surface area contributed by atoms with E-state index < -0.39 is 6.10 Å². The highest BCUT2D eigenvalue weighted by Gasteiger charge is 2.26. The van der Waals surface area contributed by atoms with E-state index in [1.807, 2.05) is 12.1 Å². The molecule has 0 spiro atoms. The van der Waals surface area contributed by atoms with Gasteiger partial charge in [-0.3, -0.25) is 4.98 Å². The van der Waals surface area contributed by atoms with Crippen LogP contribution < -0.4 is 4.74 Å². The first-order valence-corrected chi connectivity index (χ1v) is 9.58. The Morgan fingerprint density at radius 1 is 1.00 bits per heavy atom. The van der Waals surface area contributed by atoms with Crippen molar-refractivity contribution in [2.24, 2.45) is 0 Å². The number of aromatic nitrogens is 2. The van der Waals surface area contributed by atoms with Crippen molar-refractivity contribution in [3.63, 3.8) is 0 Å². The maximum atomic E-state index is 11.1. The highest BCUT2D eigenvalue weighted by Crippen LogP contribution is 2.35. The number of rotatable bonds is 6. The molecule has 2 aromatic heterocycles. The summed E-state index contributed by atoms with van der Waals surface area (Å²) in [5.74, 6) is 0.995. The molecule has 29 heavy (non-hydrogen) atoms. The lowest BCUT2D eigenvalue weighted by Crippen LogP contribution is -2.06. The molecule has 0 aliphatic carbocycles. The Morgan fingerprint density at radius 3 is 2.55 bits per heavy atom. The summed E-state index contributed by atoms with van der Waals surface area (Å²) >= 11 is 12.0. The maximum Gasteiger partial charge on any atom is 0.180 e. The van der Waals surface area contributed by atoms with E-state index in [0.29, 0.717) is 38.4 Å². The van der Waals surface area contributed by atoms with Crippen molar-refractivity contribution >= 4 is 23.2 Å². The molecule has 0 aliphatic heterocycles. The number of aliphatic hydroxyl groups is 1. The van der Waals surface area contributed by atoms with Crippen molar-refractivity contribution in [1.29, 1.82) is 0 Å². The molecular weight excluding hydrogens is 411 g/mol. The minimum atomic E-state index is -0.987. The topological polar surface area (TPSA) is 68.4 Å². The summed E-state index contributed by atoms with van der Waals surface area (Å²) in [6.07, 6.45) is 2.26. The molecule has 0 saturated carbocycles. The molecule has 0 radical (unpaired) electrons. The summed E-state index contributed by atoms with van der Waals surface area (Å²) in [6.45, 7) is 0.0770. The molecule has 0 bridgehead atoms. The molecule has 0 amide bonds. The first-order chi connectivity index (χ1) is 14.1. The zero-order chi connectivity index (χ0) is 20.2. The van der Waals surface area contributed by atoms with Gasteiger partial charge in [0.2, 0.25) is 0 Å². The van der Waals surface area contributed by atoms with Crippen molar-refractivity contribution in [2.75, 3.05) is 0 Å². The lowest BCUT2D eigenvalue weighted by Gasteiger charge is -2.13. The van der Waals surface area contributed by atoms with E-state index in [-0.39, 0.29) is 6.61 Å². The smallest absolute Gasteiger partial charge is 0.180 e. The second-order valence-corrected chi connectivity index (χ2v) is 7.18. The molecule has 1 atom stereocenters. The third-order valence-electron chi connectivity index (χ3n) is 4.36. The van der Waals surface area contributed by atoms with Crippen molar-refractivity contribution in [2.45, 2.75) is 12.7 Å². The summed E-state index contributed by atoms with van der Waals surface area (Å²) in [5, 5.41) is 16.4.